The Morgan fingerprint density at radius 3 is 2.22 bits per heavy atom. The topological polar surface area (TPSA) is 35.2 Å². The minimum Gasteiger partial charge on any atom is -0.486 e. The van der Waals surface area contributed by atoms with Gasteiger partial charge in [-0.05, 0) is 56.1 Å². The first-order valence-electron chi connectivity index (χ1n) is 5.18. The lowest BCUT2D eigenvalue weighted by Crippen LogP contribution is -1.98. The number of halogens is 3. The number of hydrogen-bond donors (Lipinski definition) is 1. The van der Waals surface area contributed by atoms with Gasteiger partial charge in [-0.3, -0.25) is 0 Å². The van der Waals surface area contributed by atoms with Gasteiger partial charge in [-0.25, -0.2) is 0 Å². The van der Waals surface area contributed by atoms with Crippen LogP contribution in [0.1, 0.15) is 5.56 Å². The van der Waals surface area contributed by atoms with E-state index in [-0.39, 0.29) is 0 Å². The van der Waals surface area contributed by atoms with E-state index in [4.69, 9.17) is 10.5 Å². The summed E-state index contributed by atoms with van der Waals surface area (Å²) < 4.78 is 8.60. The maximum atomic E-state index is 5.81. The Morgan fingerprint density at radius 2 is 1.61 bits per heavy atom. The molecule has 2 aromatic carbocycles. The van der Waals surface area contributed by atoms with Crippen LogP contribution in [0.5, 0.6) is 5.75 Å². The first kappa shape index (κ1) is 13.9. The normalized spacial score (nSPS) is 10.4. The Morgan fingerprint density at radius 1 is 0.944 bits per heavy atom. The third-order valence-electron chi connectivity index (χ3n) is 2.37. The Labute approximate surface area is 131 Å². The molecule has 2 nitrogen and oxygen atoms in total. The molecule has 0 amide bonds. The van der Waals surface area contributed by atoms with Crippen molar-refractivity contribution in [3.63, 3.8) is 0 Å². The molecule has 0 heterocycles. The molecule has 2 aromatic rings. The highest BCUT2D eigenvalue weighted by molar-refractivity contribution is 9.11. The van der Waals surface area contributed by atoms with Crippen LogP contribution in [-0.4, -0.2) is 0 Å². The van der Waals surface area contributed by atoms with Gasteiger partial charge in [0.1, 0.15) is 12.4 Å². The van der Waals surface area contributed by atoms with E-state index in [0.29, 0.717) is 6.61 Å². The van der Waals surface area contributed by atoms with E-state index >= 15 is 0 Å². The lowest BCUT2D eigenvalue weighted by Gasteiger charge is -2.11. The number of nitrogens with two attached hydrogens (primary N) is 1. The Balaban J connectivity index is 2.16. The smallest absolute Gasteiger partial charge is 0.148 e. The molecule has 0 fully saturated rings. The van der Waals surface area contributed by atoms with Crippen molar-refractivity contribution in [3.05, 3.63) is 55.4 Å². The summed E-state index contributed by atoms with van der Waals surface area (Å²) in [5.74, 6) is 0.793. The van der Waals surface area contributed by atoms with Crippen LogP contribution >= 0.6 is 47.8 Å². The van der Waals surface area contributed by atoms with E-state index in [1.54, 1.807) is 0 Å². The van der Waals surface area contributed by atoms with Crippen LogP contribution in [0.2, 0.25) is 0 Å². The zero-order valence-corrected chi connectivity index (χ0v) is 14.0. The molecule has 0 aliphatic carbocycles. The lowest BCUT2D eigenvalue weighted by molar-refractivity contribution is 0.301. The number of benzene rings is 2. The van der Waals surface area contributed by atoms with Crippen molar-refractivity contribution >= 4 is 53.5 Å². The summed E-state index contributed by atoms with van der Waals surface area (Å²) in [5.41, 5.74) is 7.47. The fourth-order valence-corrected chi connectivity index (χ4v) is 3.19. The van der Waals surface area contributed by atoms with Crippen molar-refractivity contribution in [2.75, 3.05) is 5.73 Å². The highest BCUT2D eigenvalue weighted by atomic mass is 79.9. The van der Waals surface area contributed by atoms with Gasteiger partial charge >= 0.3 is 0 Å². The fourth-order valence-electron chi connectivity index (χ4n) is 1.45. The molecule has 0 bridgehead atoms. The van der Waals surface area contributed by atoms with Crippen molar-refractivity contribution in [1.29, 1.82) is 0 Å². The van der Waals surface area contributed by atoms with Gasteiger partial charge in [0, 0.05) is 15.7 Å². The second kappa shape index (κ2) is 6.08. The maximum absolute atomic E-state index is 5.81. The van der Waals surface area contributed by atoms with Gasteiger partial charge in [0.05, 0.1) is 8.95 Å². The minimum atomic E-state index is 0.474. The second-order valence-corrected chi connectivity index (χ2v) is 6.25. The molecular formula is C13H10Br3NO. The summed E-state index contributed by atoms with van der Waals surface area (Å²) in [6, 6.07) is 11.5. The molecule has 0 aromatic heterocycles. The molecule has 2 rings (SSSR count). The van der Waals surface area contributed by atoms with Crippen LogP contribution < -0.4 is 10.5 Å². The molecule has 0 saturated carbocycles. The Hall–Kier alpha value is -0.520. The van der Waals surface area contributed by atoms with Gasteiger partial charge < -0.3 is 10.5 Å². The summed E-state index contributed by atoms with van der Waals surface area (Å²) in [7, 11) is 0. The monoisotopic (exact) mass is 433 g/mol. The highest BCUT2D eigenvalue weighted by Crippen LogP contribution is 2.34. The zero-order chi connectivity index (χ0) is 13.1. The van der Waals surface area contributed by atoms with Crippen LogP contribution in [0.4, 0.5) is 5.69 Å². The summed E-state index contributed by atoms with van der Waals surface area (Å²) in [6.07, 6.45) is 0. The third kappa shape index (κ3) is 3.28. The van der Waals surface area contributed by atoms with E-state index in [0.717, 1.165) is 30.4 Å². The molecule has 0 aliphatic heterocycles. The first-order valence-corrected chi connectivity index (χ1v) is 7.56. The SMILES string of the molecule is Nc1ccc(COc2c(Br)cccc2Br)c(Br)c1. The van der Waals surface area contributed by atoms with Gasteiger partial charge in [-0.15, -0.1) is 0 Å². The number of nitrogen functional groups attached to an aromatic ring is 1. The lowest BCUT2D eigenvalue weighted by atomic mass is 10.2. The fraction of sp³-hybridized carbons (Fsp3) is 0.0769. The molecule has 0 spiro atoms. The van der Waals surface area contributed by atoms with Crippen molar-refractivity contribution in [2.45, 2.75) is 6.61 Å². The third-order valence-corrected chi connectivity index (χ3v) is 4.36. The highest BCUT2D eigenvalue weighted by Gasteiger charge is 2.07. The quantitative estimate of drug-likeness (QED) is 0.678. The molecule has 5 heteroatoms. The van der Waals surface area contributed by atoms with Crippen LogP contribution in [0.15, 0.2) is 49.8 Å². The summed E-state index contributed by atoms with van der Waals surface area (Å²) >= 11 is 10.4. The molecule has 0 unspecified atom stereocenters. The van der Waals surface area contributed by atoms with Crippen molar-refractivity contribution in [3.8, 4) is 5.75 Å². The Bertz CT molecular complexity index is 552. The Kier molecular flexibility index (Phi) is 4.70. The van der Waals surface area contributed by atoms with E-state index < -0.39 is 0 Å². The van der Waals surface area contributed by atoms with Gasteiger partial charge in [0.25, 0.3) is 0 Å². The number of rotatable bonds is 3. The number of ether oxygens (including phenoxy) is 1. The number of para-hydroxylation sites is 1. The summed E-state index contributed by atoms with van der Waals surface area (Å²) in [4.78, 5) is 0. The van der Waals surface area contributed by atoms with E-state index in [9.17, 15) is 0 Å². The molecule has 2 N–H and O–H groups in total. The molecule has 0 saturated heterocycles. The van der Waals surface area contributed by atoms with Crippen molar-refractivity contribution in [1.82, 2.24) is 0 Å². The molecule has 0 aliphatic rings. The van der Waals surface area contributed by atoms with Crippen LogP contribution in [0, 0.1) is 0 Å². The van der Waals surface area contributed by atoms with E-state index in [1.165, 1.54) is 0 Å². The summed E-state index contributed by atoms with van der Waals surface area (Å²) in [5, 5.41) is 0. The number of anilines is 1. The van der Waals surface area contributed by atoms with Crippen LogP contribution in [0.25, 0.3) is 0 Å². The van der Waals surface area contributed by atoms with Gasteiger partial charge in [-0.2, -0.15) is 0 Å². The van der Waals surface area contributed by atoms with Gasteiger partial charge in [0.15, 0.2) is 0 Å². The molecule has 18 heavy (non-hydrogen) atoms. The largest absolute Gasteiger partial charge is 0.486 e. The molecule has 0 radical (unpaired) electrons. The predicted molar refractivity (Wildman–Crippen MR) is 84.7 cm³/mol. The minimum absolute atomic E-state index is 0.474. The summed E-state index contributed by atoms with van der Waals surface area (Å²) in [6.45, 7) is 0.474. The van der Waals surface area contributed by atoms with Crippen LogP contribution in [0.3, 0.4) is 0 Å². The molecular weight excluding hydrogens is 426 g/mol. The number of hydrogen-bond acceptors (Lipinski definition) is 2. The van der Waals surface area contributed by atoms with Crippen LogP contribution in [-0.2, 0) is 6.61 Å². The molecule has 0 atom stereocenters. The maximum Gasteiger partial charge on any atom is 0.148 e. The standard InChI is InChI=1S/C13H10Br3NO/c14-10-2-1-3-11(15)13(10)18-7-8-4-5-9(17)6-12(8)16/h1-6H,7,17H2. The predicted octanol–water partition coefficient (Wildman–Crippen LogP) is 5.14. The van der Waals surface area contributed by atoms with Gasteiger partial charge in [-0.1, -0.05) is 28.1 Å². The van der Waals surface area contributed by atoms with Crippen molar-refractivity contribution < 1.29 is 4.74 Å². The average molecular weight is 436 g/mol. The first-order chi connectivity index (χ1) is 8.58. The second-order valence-electron chi connectivity index (χ2n) is 3.69. The zero-order valence-electron chi connectivity index (χ0n) is 9.29. The van der Waals surface area contributed by atoms with Crippen molar-refractivity contribution in [2.24, 2.45) is 0 Å². The van der Waals surface area contributed by atoms with E-state index in [1.807, 2.05) is 36.4 Å². The van der Waals surface area contributed by atoms with Gasteiger partial charge in [0.2, 0.25) is 0 Å². The average Bonchev–Trinajstić information content (AvgIpc) is 2.31. The van der Waals surface area contributed by atoms with E-state index in [2.05, 4.69) is 47.8 Å². The molecule has 94 valence electrons.